The van der Waals surface area contributed by atoms with Gasteiger partial charge in [0, 0.05) is 11.9 Å². The van der Waals surface area contributed by atoms with E-state index in [1.54, 1.807) is 24.9 Å². The van der Waals surface area contributed by atoms with Gasteiger partial charge in [0.15, 0.2) is 5.65 Å². The second-order valence-corrected chi connectivity index (χ2v) is 6.65. The number of nitrogens with zero attached hydrogens (tertiary/aromatic N) is 5. The predicted octanol–water partition coefficient (Wildman–Crippen LogP) is 3.48. The number of ether oxygens (including phenoxy) is 1. The van der Waals surface area contributed by atoms with Gasteiger partial charge in [0.2, 0.25) is 0 Å². The molecule has 154 valence electrons. The van der Waals surface area contributed by atoms with E-state index in [0.29, 0.717) is 17.9 Å². The van der Waals surface area contributed by atoms with Gasteiger partial charge in [-0.3, -0.25) is 9.48 Å². The molecule has 3 aromatic heterocycles. The highest BCUT2D eigenvalue weighted by atomic mass is 19.3. The largest absolute Gasteiger partial charge is 0.497 e. The van der Waals surface area contributed by atoms with Crippen molar-refractivity contribution >= 4 is 17.2 Å². The molecule has 0 aliphatic carbocycles. The van der Waals surface area contributed by atoms with Gasteiger partial charge in [-0.05, 0) is 30.7 Å². The Hall–Kier alpha value is -3.82. The molecule has 4 aromatic rings. The summed E-state index contributed by atoms with van der Waals surface area (Å²) < 4.78 is 34.4. The maximum Gasteiger partial charge on any atom is 0.280 e. The van der Waals surface area contributed by atoms with Crippen LogP contribution >= 0.6 is 0 Å². The van der Waals surface area contributed by atoms with Crippen LogP contribution in [0, 0.1) is 6.92 Å². The molecule has 0 aliphatic rings. The smallest absolute Gasteiger partial charge is 0.280 e. The molecule has 0 fully saturated rings. The van der Waals surface area contributed by atoms with Crippen molar-refractivity contribution in [3.8, 4) is 5.75 Å². The van der Waals surface area contributed by atoms with Gasteiger partial charge in [-0.15, -0.1) is 0 Å². The third-order valence-electron chi connectivity index (χ3n) is 4.47. The van der Waals surface area contributed by atoms with Crippen molar-refractivity contribution < 1.29 is 18.3 Å². The molecule has 3 heterocycles. The highest BCUT2D eigenvalue weighted by Gasteiger charge is 2.20. The lowest BCUT2D eigenvalue weighted by atomic mass is 10.2. The third-order valence-corrected chi connectivity index (χ3v) is 4.47. The number of amides is 1. The molecule has 1 N–H and O–H groups in total. The lowest BCUT2D eigenvalue weighted by molar-refractivity contribution is 0.102. The molecule has 10 heteroatoms. The van der Waals surface area contributed by atoms with E-state index in [9.17, 15) is 13.6 Å². The number of methoxy groups -OCH3 is 1. The van der Waals surface area contributed by atoms with Crippen LogP contribution < -0.4 is 10.1 Å². The lowest BCUT2D eigenvalue weighted by Crippen LogP contribution is -2.12. The minimum atomic E-state index is -2.74. The van der Waals surface area contributed by atoms with Crippen LogP contribution in [0.5, 0.6) is 5.75 Å². The molecule has 0 unspecified atom stereocenters. The fourth-order valence-electron chi connectivity index (χ4n) is 3.10. The second kappa shape index (κ2) is 7.90. The number of hydrogen-bond acceptors (Lipinski definition) is 5. The highest BCUT2D eigenvalue weighted by Crippen LogP contribution is 2.22. The quantitative estimate of drug-likeness (QED) is 0.524. The molecule has 0 aliphatic heterocycles. The van der Waals surface area contributed by atoms with Crippen molar-refractivity contribution in [1.82, 2.24) is 24.4 Å². The molecule has 30 heavy (non-hydrogen) atoms. The first kappa shape index (κ1) is 19.5. The van der Waals surface area contributed by atoms with Crippen molar-refractivity contribution in [3.05, 3.63) is 71.4 Å². The van der Waals surface area contributed by atoms with Crippen LogP contribution in [-0.2, 0) is 6.54 Å². The van der Waals surface area contributed by atoms with Crippen LogP contribution in [0.1, 0.15) is 33.7 Å². The van der Waals surface area contributed by atoms with E-state index in [2.05, 4.69) is 20.5 Å². The predicted molar refractivity (Wildman–Crippen MR) is 105 cm³/mol. The molecule has 0 radical (unpaired) electrons. The van der Waals surface area contributed by atoms with E-state index in [1.165, 1.54) is 18.5 Å². The zero-order valence-corrected chi connectivity index (χ0v) is 16.2. The fraction of sp³-hybridized carbons (Fsp3) is 0.200. The van der Waals surface area contributed by atoms with Crippen LogP contribution in [-0.4, -0.2) is 37.4 Å². The van der Waals surface area contributed by atoms with Crippen molar-refractivity contribution in [2.75, 3.05) is 12.4 Å². The van der Waals surface area contributed by atoms with Crippen molar-refractivity contribution in [2.24, 2.45) is 0 Å². The van der Waals surface area contributed by atoms with Gasteiger partial charge in [-0.2, -0.15) is 10.2 Å². The highest BCUT2D eigenvalue weighted by molar-refractivity contribution is 6.08. The standard InChI is InChI=1S/C20H18F2N6O2/c1-12-6-17(18(21)22)28-19(25-12)16(9-24-28)20(29)26-14-8-23-27(11-14)10-13-4-3-5-15(7-13)30-2/h3-9,11,18H,10H2,1-2H3,(H,26,29). The Morgan fingerprint density at radius 3 is 2.83 bits per heavy atom. The molecule has 0 atom stereocenters. The number of anilines is 1. The van der Waals surface area contributed by atoms with Crippen molar-refractivity contribution in [1.29, 1.82) is 0 Å². The van der Waals surface area contributed by atoms with Crippen LogP contribution in [0.15, 0.2) is 48.9 Å². The van der Waals surface area contributed by atoms with Gasteiger partial charge < -0.3 is 10.1 Å². The number of aryl methyl sites for hydroxylation is 1. The van der Waals surface area contributed by atoms with Crippen LogP contribution in [0.2, 0.25) is 0 Å². The van der Waals surface area contributed by atoms with E-state index in [1.807, 2.05) is 24.3 Å². The van der Waals surface area contributed by atoms with Crippen LogP contribution in [0.25, 0.3) is 5.65 Å². The van der Waals surface area contributed by atoms with Crippen molar-refractivity contribution in [3.63, 3.8) is 0 Å². The SMILES string of the molecule is COc1cccc(Cn2cc(NC(=O)c3cnn4c(C(F)F)cc(C)nc34)cn2)c1. The molecule has 0 saturated carbocycles. The molecule has 0 bridgehead atoms. The first-order valence-corrected chi connectivity index (χ1v) is 9.05. The molecule has 1 aromatic carbocycles. The number of carbonyl (C=O) groups excluding carboxylic acids is 1. The zero-order valence-electron chi connectivity index (χ0n) is 16.2. The molecular weight excluding hydrogens is 394 g/mol. The summed E-state index contributed by atoms with van der Waals surface area (Å²) in [5.41, 5.74) is 1.68. The summed E-state index contributed by atoms with van der Waals surface area (Å²) in [6, 6.07) is 8.82. The molecule has 1 amide bonds. The van der Waals surface area contributed by atoms with E-state index >= 15 is 0 Å². The average Bonchev–Trinajstić information content (AvgIpc) is 3.34. The number of rotatable bonds is 6. The summed E-state index contributed by atoms with van der Waals surface area (Å²) >= 11 is 0. The Balaban J connectivity index is 1.54. The Bertz CT molecular complexity index is 1220. The monoisotopic (exact) mass is 412 g/mol. The first-order chi connectivity index (χ1) is 14.4. The first-order valence-electron chi connectivity index (χ1n) is 9.05. The van der Waals surface area contributed by atoms with Gasteiger partial charge in [0.05, 0.1) is 31.7 Å². The van der Waals surface area contributed by atoms with Gasteiger partial charge in [0.1, 0.15) is 17.0 Å². The zero-order chi connectivity index (χ0) is 21.3. The van der Waals surface area contributed by atoms with E-state index < -0.39 is 12.3 Å². The topological polar surface area (TPSA) is 86.3 Å². The number of nitrogens with one attached hydrogen (secondary N) is 1. The van der Waals surface area contributed by atoms with Crippen LogP contribution in [0.3, 0.4) is 0 Å². The molecule has 0 spiro atoms. The minimum absolute atomic E-state index is 0.0755. The summed E-state index contributed by atoms with van der Waals surface area (Å²) in [5.74, 6) is 0.233. The molecule has 4 rings (SSSR count). The molecule has 8 nitrogen and oxygen atoms in total. The number of benzene rings is 1. The van der Waals surface area contributed by atoms with E-state index in [-0.39, 0.29) is 16.9 Å². The number of carbonyl (C=O) groups is 1. The lowest BCUT2D eigenvalue weighted by Gasteiger charge is -2.06. The number of aromatic nitrogens is 5. The second-order valence-electron chi connectivity index (χ2n) is 6.65. The Kier molecular flexibility index (Phi) is 5.13. The summed E-state index contributed by atoms with van der Waals surface area (Å²) in [7, 11) is 1.60. The fourth-order valence-corrected chi connectivity index (χ4v) is 3.10. The maximum atomic E-state index is 13.3. The number of hydrogen-bond donors (Lipinski definition) is 1. The van der Waals surface area contributed by atoms with Crippen LogP contribution in [0.4, 0.5) is 14.5 Å². The summed E-state index contributed by atoms with van der Waals surface area (Å²) in [5, 5.41) is 10.8. The van der Waals surface area contributed by atoms with Crippen molar-refractivity contribution in [2.45, 2.75) is 19.9 Å². The molecule has 0 saturated heterocycles. The van der Waals surface area contributed by atoms with Gasteiger partial charge in [-0.25, -0.2) is 18.3 Å². The normalized spacial score (nSPS) is 11.2. The summed E-state index contributed by atoms with van der Waals surface area (Å²) in [6.07, 6.45) is 1.67. The maximum absolute atomic E-state index is 13.3. The van der Waals surface area contributed by atoms with Gasteiger partial charge >= 0.3 is 0 Å². The number of alkyl halides is 2. The van der Waals surface area contributed by atoms with E-state index in [4.69, 9.17) is 4.74 Å². The Morgan fingerprint density at radius 2 is 2.07 bits per heavy atom. The number of fused-ring (bicyclic) bond motifs is 1. The Morgan fingerprint density at radius 1 is 1.23 bits per heavy atom. The minimum Gasteiger partial charge on any atom is -0.497 e. The molecular formula is C20H18F2N6O2. The average molecular weight is 412 g/mol. The Labute approximate surface area is 170 Å². The summed E-state index contributed by atoms with van der Waals surface area (Å²) in [6.45, 7) is 2.07. The third kappa shape index (κ3) is 3.84. The van der Waals surface area contributed by atoms with Gasteiger partial charge in [-0.1, -0.05) is 12.1 Å². The number of halogens is 2. The van der Waals surface area contributed by atoms with Gasteiger partial charge in [0.25, 0.3) is 12.3 Å². The summed E-state index contributed by atoms with van der Waals surface area (Å²) in [4.78, 5) is 16.9. The van der Waals surface area contributed by atoms with E-state index in [0.717, 1.165) is 15.8 Å².